The summed E-state index contributed by atoms with van der Waals surface area (Å²) in [5.41, 5.74) is -2.97. The fourth-order valence-corrected chi connectivity index (χ4v) is 2.15. The molecule has 0 radical (unpaired) electrons. The molecule has 0 spiro atoms. The lowest BCUT2D eigenvalue weighted by Gasteiger charge is -2.29. The molecule has 0 aliphatic rings. The van der Waals surface area contributed by atoms with Crippen LogP contribution >= 0.6 is 0 Å². The first-order chi connectivity index (χ1) is 22.5. The third-order valence-electron chi connectivity index (χ3n) is 5.13. The molecule has 0 aromatic carbocycles. The summed E-state index contributed by atoms with van der Waals surface area (Å²) in [6.07, 6.45) is -7.42. The summed E-state index contributed by atoms with van der Waals surface area (Å²) in [5.74, 6) is -9.81. The quantitative estimate of drug-likeness (QED) is 0.0678. The maximum absolute atomic E-state index is 10.1. The minimum atomic E-state index is -2.97. The van der Waals surface area contributed by atoms with E-state index in [0.29, 0.717) is 0 Å². The van der Waals surface area contributed by atoms with Crippen LogP contribution in [0.25, 0.3) is 0 Å². The van der Waals surface area contributed by atoms with Crippen molar-refractivity contribution in [2.24, 2.45) is 0 Å². The normalized spacial score (nSPS) is 12.5. The van der Waals surface area contributed by atoms with E-state index in [0.717, 1.165) is 44.1 Å². The zero-order chi connectivity index (χ0) is 42.6. The lowest BCUT2D eigenvalue weighted by molar-refractivity contribution is -0.870. The minimum absolute atomic E-state index is 0.281. The number of quaternary nitrogens is 4. The van der Waals surface area contributed by atoms with E-state index in [1.807, 2.05) is 0 Å². The van der Waals surface area contributed by atoms with Crippen molar-refractivity contribution in [3.8, 4) is 0 Å². The Kier molecular flexibility index (Phi) is 34.7. The lowest BCUT2D eigenvalue weighted by Crippen LogP contribution is -2.54. The van der Waals surface area contributed by atoms with Crippen molar-refractivity contribution in [2.75, 3.05) is 137 Å². The fourth-order valence-electron chi connectivity index (χ4n) is 2.15. The van der Waals surface area contributed by atoms with Gasteiger partial charge >= 0.3 is 5.97 Å². The van der Waals surface area contributed by atoms with Gasteiger partial charge in [0.15, 0.2) is 6.10 Å². The summed E-state index contributed by atoms with van der Waals surface area (Å²) in [6, 6.07) is 0. The van der Waals surface area contributed by atoms with Gasteiger partial charge in [0.25, 0.3) is 0 Å². The number of aliphatic hydroxyl groups is 7. The van der Waals surface area contributed by atoms with Crippen LogP contribution in [0.15, 0.2) is 0 Å². The van der Waals surface area contributed by atoms with Gasteiger partial charge < -0.3 is 98.4 Å². The number of rotatable bonds is 16. The van der Waals surface area contributed by atoms with Crippen molar-refractivity contribution in [1.82, 2.24) is 0 Å². The Labute approximate surface area is 301 Å². The summed E-state index contributed by atoms with van der Waals surface area (Å²) in [7, 11) is 24.6. The van der Waals surface area contributed by atoms with Gasteiger partial charge in [0.05, 0.1) is 123 Å². The topological polar surface area (TPSA) is 339 Å². The second-order valence-electron chi connectivity index (χ2n) is 14.9. The number of hydrogen-bond donors (Lipinski definition) is 8. The van der Waals surface area contributed by atoms with Crippen LogP contribution in [0.1, 0.15) is 12.8 Å². The molecule has 0 aromatic rings. The molecule has 0 aliphatic heterocycles. The maximum atomic E-state index is 10.1. The molecule has 8 N–H and O–H groups in total. The molecule has 0 saturated carbocycles. The number of aliphatic hydroxyl groups excluding tert-OH is 6. The number of carbonyl (C=O) groups is 5. The summed E-state index contributed by atoms with van der Waals surface area (Å²) in [5, 5.41) is 107. The highest BCUT2D eigenvalue weighted by atomic mass is 16.4. The molecule has 0 rings (SSSR count). The van der Waals surface area contributed by atoms with Crippen LogP contribution < -0.4 is 20.4 Å². The van der Waals surface area contributed by atoms with E-state index in [2.05, 4.69) is 84.6 Å². The SMILES string of the molecule is C[N+](C)(C)CCO.C[N+](C)(C)CCO.C[N+](C)(C)CCO.C[N+](C)(C)CCO.O=C([O-])C(O)C(O)C(=O)O.O=C([O-])CC(O)(CC(=O)[O-])C(=O)[O-]. The van der Waals surface area contributed by atoms with E-state index < -0.39 is 60.5 Å². The van der Waals surface area contributed by atoms with Crippen molar-refractivity contribution >= 4 is 29.8 Å². The molecule has 2 atom stereocenters. The Morgan fingerprint density at radius 3 is 0.784 bits per heavy atom. The molecule has 2 unspecified atom stereocenters. The van der Waals surface area contributed by atoms with Gasteiger partial charge in [-0.2, -0.15) is 0 Å². The maximum Gasteiger partial charge on any atom is 0.335 e. The van der Waals surface area contributed by atoms with Gasteiger partial charge in [-0.15, -0.1) is 0 Å². The van der Waals surface area contributed by atoms with Gasteiger partial charge in [0.1, 0.15) is 37.9 Å². The van der Waals surface area contributed by atoms with E-state index in [-0.39, 0.29) is 26.4 Å². The number of carboxylic acids is 5. The molecule has 0 heterocycles. The number of aliphatic carboxylic acids is 5. The van der Waals surface area contributed by atoms with Crippen molar-refractivity contribution in [3.05, 3.63) is 0 Å². The van der Waals surface area contributed by atoms with Crippen LogP contribution in [0.4, 0.5) is 0 Å². The highest BCUT2D eigenvalue weighted by Crippen LogP contribution is 2.13. The Morgan fingerprint density at radius 2 is 0.725 bits per heavy atom. The number of carbonyl (C=O) groups excluding carboxylic acids is 4. The summed E-state index contributed by atoms with van der Waals surface area (Å²) < 4.78 is 3.38. The van der Waals surface area contributed by atoms with Crippen LogP contribution in [0.2, 0.25) is 0 Å². The average molecular weight is 755 g/mol. The molecular formula is C30H66N4O17. The second-order valence-corrected chi connectivity index (χ2v) is 14.9. The summed E-state index contributed by atoms with van der Waals surface area (Å²) in [4.78, 5) is 49.4. The van der Waals surface area contributed by atoms with E-state index in [9.17, 15) is 44.4 Å². The molecular weight excluding hydrogens is 688 g/mol. The minimum Gasteiger partial charge on any atom is -0.550 e. The van der Waals surface area contributed by atoms with Gasteiger partial charge in [0, 0.05) is 24.8 Å². The Balaban J connectivity index is -0.000000122. The van der Waals surface area contributed by atoms with Crippen LogP contribution in [0, 0.1) is 0 Å². The van der Waals surface area contributed by atoms with Gasteiger partial charge in [-0.05, 0) is 0 Å². The van der Waals surface area contributed by atoms with Gasteiger partial charge in [-0.1, -0.05) is 0 Å². The third kappa shape index (κ3) is 56.5. The third-order valence-corrected chi connectivity index (χ3v) is 5.13. The first-order valence-electron chi connectivity index (χ1n) is 15.3. The molecule has 0 aliphatic carbocycles. The molecule has 0 aromatic heterocycles. The summed E-state index contributed by atoms with van der Waals surface area (Å²) >= 11 is 0. The predicted octanol–water partition coefficient (Wildman–Crippen LogP) is -9.97. The van der Waals surface area contributed by atoms with E-state index >= 15 is 0 Å². The Bertz CT molecular complexity index is 856. The molecule has 0 bridgehead atoms. The van der Waals surface area contributed by atoms with Crippen LogP contribution in [0.5, 0.6) is 0 Å². The monoisotopic (exact) mass is 754 g/mol. The molecule has 0 saturated heterocycles. The predicted molar refractivity (Wildman–Crippen MR) is 174 cm³/mol. The van der Waals surface area contributed by atoms with Crippen molar-refractivity contribution in [3.63, 3.8) is 0 Å². The highest BCUT2D eigenvalue weighted by molar-refractivity contribution is 5.86. The van der Waals surface area contributed by atoms with E-state index in [1.165, 1.54) is 0 Å². The number of likely N-dealkylation sites (N-methyl/N-ethyl adjacent to an activating group) is 4. The van der Waals surface area contributed by atoms with E-state index in [1.54, 1.807) is 0 Å². The van der Waals surface area contributed by atoms with Crippen molar-refractivity contribution in [1.29, 1.82) is 0 Å². The number of hydrogen-bond acceptors (Lipinski definition) is 16. The van der Waals surface area contributed by atoms with Crippen molar-refractivity contribution < 1.29 is 103 Å². The Morgan fingerprint density at radius 1 is 0.510 bits per heavy atom. The first kappa shape index (κ1) is 60.0. The van der Waals surface area contributed by atoms with E-state index in [4.69, 9.17) is 40.9 Å². The number of carboxylic acid groups (broad SMARTS) is 5. The van der Waals surface area contributed by atoms with Gasteiger partial charge in [0.2, 0.25) is 0 Å². The Hall–Kier alpha value is -3.09. The van der Waals surface area contributed by atoms with Gasteiger partial charge in [-0.3, -0.25) is 0 Å². The molecule has 308 valence electrons. The molecule has 0 amide bonds. The van der Waals surface area contributed by atoms with Crippen LogP contribution in [0.3, 0.4) is 0 Å². The zero-order valence-electron chi connectivity index (χ0n) is 32.3. The smallest absolute Gasteiger partial charge is 0.335 e. The molecule has 0 fully saturated rings. The van der Waals surface area contributed by atoms with Crippen molar-refractivity contribution in [2.45, 2.75) is 30.7 Å². The molecule has 21 heteroatoms. The molecule has 21 nitrogen and oxygen atoms in total. The summed E-state index contributed by atoms with van der Waals surface area (Å²) in [6.45, 7) is 4.46. The highest BCUT2D eigenvalue weighted by Gasteiger charge is 2.29. The fraction of sp³-hybridized carbons (Fsp3) is 0.833. The largest absolute Gasteiger partial charge is 0.550 e. The zero-order valence-corrected chi connectivity index (χ0v) is 32.3. The lowest BCUT2D eigenvalue weighted by atomic mass is 9.96. The van der Waals surface area contributed by atoms with Crippen LogP contribution in [-0.4, -0.2) is 244 Å². The first-order valence-corrected chi connectivity index (χ1v) is 15.3. The second kappa shape index (κ2) is 29.5. The average Bonchev–Trinajstić information content (AvgIpc) is 2.85. The standard InChI is InChI=1S/C6H8O7.4C5H14NO.C4H6O6/c7-3(8)1-6(13,5(11)12)2-4(9)10;4*1-6(2,3)4-5-7;5-1(3(7)8)2(6)4(9)10/h13H,1-2H2,(H,7,8)(H,9,10)(H,11,12);4*7H,4-5H2,1-3H3;1-2,5-6H,(H,7,8)(H,9,10)/q;4*+1;/p-4. The molecule has 51 heavy (non-hydrogen) atoms. The van der Waals surface area contributed by atoms with Crippen LogP contribution in [-0.2, 0) is 24.0 Å². The van der Waals surface area contributed by atoms with Gasteiger partial charge in [-0.25, -0.2) is 4.79 Å². The number of nitrogens with zero attached hydrogens (tertiary/aromatic N) is 4.